The minimum Gasteiger partial charge on any atom is -0.402 e. The third-order valence-corrected chi connectivity index (χ3v) is 3.49. The van der Waals surface area contributed by atoms with Crippen LogP contribution in [0.2, 0.25) is 0 Å². The molecular formula is C19H22N4. The maximum Gasteiger partial charge on any atom is 0.124 e. The number of hydrogen-bond acceptors (Lipinski definition) is 4. The molecule has 2 rings (SSSR count). The van der Waals surface area contributed by atoms with E-state index in [0.717, 1.165) is 34.7 Å². The first-order valence-corrected chi connectivity index (χ1v) is 7.52. The Bertz CT molecular complexity index is 733. The summed E-state index contributed by atoms with van der Waals surface area (Å²) in [5.74, 6) is 0.482. The second-order valence-electron chi connectivity index (χ2n) is 5.23. The topological polar surface area (TPSA) is 77.3 Å². The summed E-state index contributed by atoms with van der Waals surface area (Å²) in [6.45, 7) is 6.09. The average molecular weight is 306 g/mol. The number of pyridine rings is 1. The number of aromatic nitrogens is 1. The van der Waals surface area contributed by atoms with Crippen molar-refractivity contribution in [1.29, 1.82) is 0 Å². The second-order valence-corrected chi connectivity index (χ2v) is 5.23. The molecule has 4 nitrogen and oxygen atoms in total. The minimum atomic E-state index is 0.482. The van der Waals surface area contributed by atoms with Crippen LogP contribution in [0.15, 0.2) is 77.1 Å². The van der Waals surface area contributed by atoms with E-state index in [9.17, 15) is 0 Å². The Kier molecular flexibility index (Phi) is 5.69. The van der Waals surface area contributed by atoms with Gasteiger partial charge in [-0.15, -0.1) is 0 Å². The van der Waals surface area contributed by atoms with Gasteiger partial charge in [0.1, 0.15) is 5.82 Å². The normalized spacial score (nSPS) is 16.8. The van der Waals surface area contributed by atoms with Crippen molar-refractivity contribution in [3.63, 3.8) is 0 Å². The monoisotopic (exact) mass is 306 g/mol. The number of hydrogen-bond donors (Lipinski definition) is 2. The van der Waals surface area contributed by atoms with Crippen molar-refractivity contribution < 1.29 is 0 Å². The molecule has 0 spiro atoms. The van der Waals surface area contributed by atoms with Crippen molar-refractivity contribution in [3.05, 3.63) is 77.8 Å². The van der Waals surface area contributed by atoms with E-state index in [4.69, 9.17) is 11.5 Å². The molecule has 0 amide bonds. The van der Waals surface area contributed by atoms with Crippen LogP contribution in [0.1, 0.15) is 25.5 Å². The lowest BCUT2D eigenvalue weighted by Crippen LogP contribution is -2.02. The Morgan fingerprint density at radius 3 is 2.87 bits per heavy atom. The van der Waals surface area contributed by atoms with Crippen LogP contribution in [0.4, 0.5) is 5.82 Å². The molecule has 1 aliphatic rings. The Hall–Kier alpha value is -2.88. The van der Waals surface area contributed by atoms with Gasteiger partial charge < -0.3 is 11.5 Å². The summed E-state index contributed by atoms with van der Waals surface area (Å²) in [5.41, 5.74) is 16.2. The number of nitrogen functional groups attached to an aromatic ring is 1. The molecule has 4 N–H and O–H groups in total. The standard InChI is InChI=1S/C19H22N4/c1-3-15(14(2)18-8-6-9-19(21)23-18)13-16(20)10-11-17-7-4-5-12-22-17/h3-6,8-12H,2,7,13,20H2,1H3,(H2,21,23)/b15-3-,16-10-,17-11+. The van der Waals surface area contributed by atoms with E-state index >= 15 is 0 Å². The maximum atomic E-state index is 6.13. The van der Waals surface area contributed by atoms with E-state index in [0.29, 0.717) is 12.2 Å². The Morgan fingerprint density at radius 2 is 2.22 bits per heavy atom. The van der Waals surface area contributed by atoms with E-state index in [1.54, 1.807) is 12.3 Å². The zero-order valence-electron chi connectivity index (χ0n) is 13.4. The molecule has 2 heterocycles. The summed E-state index contributed by atoms with van der Waals surface area (Å²) < 4.78 is 0. The highest BCUT2D eigenvalue weighted by Crippen LogP contribution is 2.24. The van der Waals surface area contributed by atoms with Gasteiger partial charge in [0.25, 0.3) is 0 Å². The molecule has 118 valence electrons. The fourth-order valence-corrected chi connectivity index (χ4v) is 2.20. The summed E-state index contributed by atoms with van der Waals surface area (Å²) in [6.07, 6.45) is 13.1. The Balaban J connectivity index is 2.08. The van der Waals surface area contributed by atoms with Crippen molar-refractivity contribution in [2.75, 3.05) is 5.73 Å². The fraction of sp³-hybridized carbons (Fsp3) is 0.158. The maximum absolute atomic E-state index is 6.13. The zero-order chi connectivity index (χ0) is 16.7. The largest absolute Gasteiger partial charge is 0.402 e. The molecule has 0 aromatic carbocycles. The van der Waals surface area contributed by atoms with E-state index in [-0.39, 0.29) is 0 Å². The molecule has 0 atom stereocenters. The number of allylic oxidation sites excluding steroid dienone is 7. The van der Waals surface area contributed by atoms with Gasteiger partial charge in [-0.3, -0.25) is 4.99 Å². The highest BCUT2D eigenvalue weighted by atomic mass is 14.8. The van der Waals surface area contributed by atoms with Crippen molar-refractivity contribution >= 4 is 17.6 Å². The average Bonchev–Trinajstić information content (AvgIpc) is 2.58. The lowest BCUT2D eigenvalue weighted by Gasteiger charge is -2.11. The quantitative estimate of drug-likeness (QED) is 0.813. The van der Waals surface area contributed by atoms with E-state index in [1.807, 2.05) is 43.4 Å². The molecule has 1 aromatic rings. The molecular weight excluding hydrogens is 284 g/mol. The third kappa shape index (κ3) is 4.81. The first-order valence-electron chi connectivity index (χ1n) is 7.52. The van der Waals surface area contributed by atoms with Gasteiger partial charge in [0.2, 0.25) is 0 Å². The van der Waals surface area contributed by atoms with Crippen LogP contribution in [-0.4, -0.2) is 11.2 Å². The summed E-state index contributed by atoms with van der Waals surface area (Å²) in [4.78, 5) is 8.59. The molecule has 0 bridgehead atoms. The van der Waals surface area contributed by atoms with E-state index < -0.39 is 0 Å². The van der Waals surface area contributed by atoms with Crippen LogP contribution in [0.25, 0.3) is 5.57 Å². The van der Waals surface area contributed by atoms with E-state index in [1.165, 1.54) is 0 Å². The van der Waals surface area contributed by atoms with E-state index in [2.05, 4.69) is 22.6 Å². The molecule has 1 aliphatic heterocycles. The summed E-state index contributed by atoms with van der Waals surface area (Å²) >= 11 is 0. The third-order valence-electron chi connectivity index (χ3n) is 3.49. The van der Waals surface area contributed by atoms with Crippen LogP contribution in [0.3, 0.4) is 0 Å². The minimum absolute atomic E-state index is 0.482. The van der Waals surface area contributed by atoms with Gasteiger partial charge >= 0.3 is 0 Å². The highest BCUT2D eigenvalue weighted by molar-refractivity contribution is 5.76. The van der Waals surface area contributed by atoms with Gasteiger partial charge in [0, 0.05) is 30.5 Å². The molecule has 1 aromatic heterocycles. The van der Waals surface area contributed by atoms with Crippen molar-refractivity contribution in [3.8, 4) is 0 Å². The number of dihydropyridines is 1. The Morgan fingerprint density at radius 1 is 1.39 bits per heavy atom. The van der Waals surface area contributed by atoms with Gasteiger partial charge in [0.15, 0.2) is 0 Å². The van der Waals surface area contributed by atoms with Crippen LogP contribution in [0, 0.1) is 0 Å². The molecule has 4 heteroatoms. The lowest BCUT2D eigenvalue weighted by molar-refractivity contribution is 1.10. The highest BCUT2D eigenvalue weighted by Gasteiger charge is 2.08. The first kappa shape index (κ1) is 16.5. The van der Waals surface area contributed by atoms with Crippen LogP contribution in [-0.2, 0) is 0 Å². The smallest absolute Gasteiger partial charge is 0.124 e. The summed E-state index contributed by atoms with van der Waals surface area (Å²) in [7, 11) is 0. The molecule has 0 aliphatic carbocycles. The van der Waals surface area contributed by atoms with Crippen molar-refractivity contribution in [2.45, 2.75) is 19.8 Å². The van der Waals surface area contributed by atoms with Crippen molar-refractivity contribution in [2.24, 2.45) is 10.7 Å². The number of aliphatic imine (C=N–C) groups is 1. The van der Waals surface area contributed by atoms with Gasteiger partial charge in [-0.2, -0.15) is 0 Å². The summed E-state index contributed by atoms with van der Waals surface area (Å²) in [5, 5.41) is 0. The SMILES string of the molecule is C=C(/C(=C\C)C/C(N)=C/C=C1\CC=CC=N1)c1cccc(N)n1. The summed E-state index contributed by atoms with van der Waals surface area (Å²) in [6, 6.07) is 5.52. The number of rotatable bonds is 5. The van der Waals surface area contributed by atoms with Crippen molar-refractivity contribution in [1.82, 2.24) is 4.98 Å². The fourth-order valence-electron chi connectivity index (χ4n) is 2.20. The Labute approximate surface area is 137 Å². The lowest BCUT2D eigenvalue weighted by atomic mass is 9.99. The molecule has 23 heavy (non-hydrogen) atoms. The van der Waals surface area contributed by atoms with Crippen LogP contribution < -0.4 is 11.5 Å². The number of anilines is 1. The van der Waals surface area contributed by atoms with Gasteiger partial charge in [0.05, 0.1) is 5.69 Å². The second kappa shape index (κ2) is 7.94. The molecule has 0 fully saturated rings. The molecule has 0 saturated carbocycles. The van der Waals surface area contributed by atoms with Gasteiger partial charge in [-0.1, -0.05) is 24.8 Å². The van der Waals surface area contributed by atoms with Crippen LogP contribution in [0.5, 0.6) is 0 Å². The number of nitrogens with zero attached hydrogens (tertiary/aromatic N) is 2. The first-order chi connectivity index (χ1) is 11.1. The van der Waals surface area contributed by atoms with Gasteiger partial charge in [-0.05, 0) is 48.4 Å². The van der Waals surface area contributed by atoms with Gasteiger partial charge in [-0.25, -0.2) is 4.98 Å². The molecule has 0 radical (unpaired) electrons. The predicted molar refractivity (Wildman–Crippen MR) is 98.7 cm³/mol. The zero-order valence-corrected chi connectivity index (χ0v) is 13.4. The molecule has 0 saturated heterocycles. The molecule has 0 unspecified atom stereocenters. The number of nitrogens with two attached hydrogens (primary N) is 2. The van der Waals surface area contributed by atoms with Crippen LogP contribution >= 0.6 is 0 Å². The predicted octanol–water partition coefficient (Wildman–Crippen LogP) is 3.77.